The third-order valence-corrected chi connectivity index (χ3v) is 12.2. The Morgan fingerprint density at radius 2 is 1.36 bits per heavy atom. The van der Waals surface area contributed by atoms with Gasteiger partial charge in [-0.3, -0.25) is 9.80 Å². The smallest absolute Gasteiger partial charge is 0.251 e. The van der Waals surface area contributed by atoms with Crippen LogP contribution in [0, 0.1) is 0 Å². The highest BCUT2D eigenvalue weighted by molar-refractivity contribution is 6.98. The minimum Gasteiger partial charge on any atom is -0.296 e. The molecule has 2 aliphatic rings. The average molecular weight is 723 g/mol. The van der Waals surface area contributed by atoms with Crippen LogP contribution in [-0.2, 0) is 22.7 Å². The standard InChI is InChI=1S/C50H55BN4/c1-10-12-31-49(6,7)39-30-28-38(32-34(39)11-2)55-43-26-20-19-25-41(43)51-42-33-35(48(3,4)5)27-29-40(42)50(8,9)45-44(51)46(55)53-47(52-45)54(36-21-15-13-16-22-36)37-23-17-14-18-24-37/h13-30,32-33H,10-12,31H2,1-9H3. The van der Waals surface area contributed by atoms with Crippen LogP contribution in [0.3, 0.4) is 0 Å². The largest absolute Gasteiger partial charge is 0.296 e. The Hall–Kier alpha value is -5.16. The Balaban J connectivity index is 1.45. The number of unbranched alkanes of at least 4 members (excludes halogenated alkanes) is 1. The topological polar surface area (TPSA) is 32.3 Å². The molecule has 0 amide bonds. The van der Waals surface area contributed by atoms with E-state index >= 15 is 0 Å². The van der Waals surface area contributed by atoms with Crippen molar-refractivity contribution in [2.45, 2.75) is 104 Å². The minimum atomic E-state index is -0.386. The molecule has 0 N–H and O–H groups in total. The van der Waals surface area contributed by atoms with Crippen LogP contribution >= 0.6 is 0 Å². The summed E-state index contributed by atoms with van der Waals surface area (Å²) in [5, 5.41) is 0. The van der Waals surface area contributed by atoms with Crippen molar-refractivity contribution in [3.05, 3.63) is 149 Å². The van der Waals surface area contributed by atoms with Gasteiger partial charge in [0.05, 0.1) is 5.69 Å². The van der Waals surface area contributed by atoms with Gasteiger partial charge in [0.1, 0.15) is 5.82 Å². The van der Waals surface area contributed by atoms with Crippen LogP contribution in [0.25, 0.3) is 0 Å². The van der Waals surface area contributed by atoms with Crippen LogP contribution in [0.2, 0.25) is 0 Å². The predicted molar refractivity (Wildman–Crippen MR) is 235 cm³/mol. The lowest BCUT2D eigenvalue weighted by Crippen LogP contribution is -2.65. The molecular formula is C50H55BN4. The van der Waals surface area contributed by atoms with Crippen molar-refractivity contribution in [2.75, 3.05) is 9.80 Å². The molecule has 1 aromatic heterocycles. The number of aromatic nitrogens is 2. The molecule has 3 heterocycles. The first-order chi connectivity index (χ1) is 26.3. The summed E-state index contributed by atoms with van der Waals surface area (Å²) in [6.45, 7) is 21.1. The van der Waals surface area contributed by atoms with Crippen LogP contribution in [0.4, 0.5) is 34.5 Å². The Morgan fingerprint density at radius 3 is 2.00 bits per heavy atom. The van der Waals surface area contributed by atoms with E-state index in [1.165, 1.54) is 63.6 Å². The van der Waals surface area contributed by atoms with Crippen LogP contribution < -0.4 is 26.2 Å². The van der Waals surface area contributed by atoms with Gasteiger partial charge in [0.2, 0.25) is 5.95 Å². The molecular weight excluding hydrogens is 667 g/mol. The molecule has 5 aromatic carbocycles. The third kappa shape index (κ3) is 6.26. The lowest BCUT2D eigenvalue weighted by atomic mass is 9.31. The van der Waals surface area contributed by atoms with Crippen molar-refractivity contribution < 1.29 is 0 Å². The maximum atomic E-state index is 5.73. The van der Waals surface area contributed by atoms with Gasteiger partial charge in [-0.1, -0.05) is 159 Å². The van der Waals surface area contributed by atoms with Gasteiger partial charge in [-0.2, -0.15) is 4.98 Å². The van der Waals surface area contributed by atoms with E-state index < -0.39 is 0 Å². The van der Waals surface area contributed by atoms with Crippen LogP contribution in [0.1, 0.15) is 110 Å². The Kier molecular flexibility index (Phi) is 9.27. The molecule has 55 heavy (non-hydrogen) atoms. The van der Waals surface area contributed by atoms with E-state index in [1.807, 2.05) is 0 Å². The predicted octanol–water partition coefficient (Wildman–Crippen LogP) is 11.2. The molecule has 4 nitrogen and oxygen atoms in total. The van der Waals surface area contributed by atoms with Crippen molar-refractivity contribution in [2.24, 2.45) is 0 Å². The molecule has 0 bridgehead atoms. The number of para-hydroxylation sites is 3. The summed E-state index contributed by atoms with van der Waals surface area (Å²) in [5.74, 6) is 1.63. The van der Waals surface area contributed by atoms with Gasteiger partial charge < -0.3 is 0 Å². The number of nitrogens with zero attached hydrogens (tertiary/aromatic N) is 4. The van der Waals surface area contributed by atoms with E-state index in [4.69, 9.17) is 9.97 Å². The highest BCUT2D eigenvalue weighted by atomic mass is 15.3. The second-order valence-corrected chi connectivity index (χ2v) is 17.8. The van der Waals surface area contributed by atoms with Crippen LogP contribution in [0.5, 0.6) is 0 Å². The van der Waals surface area contributed by atoms with E-state index in [-0.39, 0.29) is 23.0 Å². The SMILES string of the molecule is CCCCC(C)(C)c1ccc(N2c3ccccc3B3c4cc(C(C)(C)C)ccc4C(C)(C)c4nc(N(c5ccccc5)c5ccccc5)nc2c43)cc1CC. The van der Waals surface area contributed by atoms with Gasteiger partial charge in [0, 0.05) is 28.2 Å². The fraction of sp³-hybridized carbons (Fsp3) is 0.320. The maximum Gasteiger partial charge on any atom is 0.251 e. The molecule has 8 rings (SSSR count). The van der Waals surface area contributed by atoms with Crippen molar-refractivity contribution in [3.63, 3.8) is 0 Å². The lowest BCUT2D eigenvalue weighted by Gasteiger charge is -2.45. The fourth-order valence-corrected chi connectivity index (χ4v) is 9.17. The molecule has 0 radical (unpaired) electrons. The van der Waals surface area contributed by atoms with Gasteiger partial charge in [-0.25, -0.2) is 4.98 Å². The molecule has 0 saturated carbocycles. The van der Waals surface area contributed by atoms with Crippen LogP contribution in [0.15, 0.2) is 121 Å². The molecule has 0 aliphatic carbocycles. The molecule has 278 valence electrons. The van der Waals surface area contributed by atoms with E-state index in [0.717, 1.165) is 35.0 Å². The first-order valence-electron chi connectivity index (χ1n) is 20.3. The molecule has 5 heteroatoms. The Bertz CT molecular complexity index is 2320. The third-order valence-electron chi connectivity index (χ3n) is 12.2. The Labute approximate surface area is 329 Å². The monoisotopic (exact) mass is 722 g/mol. The van der Waals surface area contributed by atoms with Gasteiger partial charge in [-0.15, -0.1) is 0 Å². The molecule has 2 aliphatic heterocycles. The quantitative estimate of drug-likeness (QED) is 0.139. The summed E-state index contributed by atoms with van der Waals surface area (Å²) in [4.78, 5) is 16.1. The van der Waals surface area contributed by atoms with E-state index in [2.05, 4.69) is 193 Å². The van der Waals surface area contributed by atoms with E-state index in [9.17, 15) is 0 Å². The molecule has 0 unspecified atom stereocenters. The summed E-state index contributed by atoms with van der Waals surface area (Å²) in [6, 6.07) is 44.5. The van der Waals surface area contributed by atoms with Gasteiger partial charge in [0.15, 0.2) is 0 Å². The van der Waals surface area contributed by atoms with Crippen LogP contribution in [-0.4, -0.2) is 16.7 Å². The van der Waals surface area contributed by atoms with Crippen molar-refractivity contribution >= 4 is 57.6 Å². The normalized spacial score (nSPS) is 14.3. The highest BCUT2D eigenvalue weighted by Crippen LogP contribution is 2.45. The number of benzene rings is 5. The molecule has 0 atom stereocenters. The van der Waals surface area contributed by atoms with E-state index in [0.29, 0.717) is 5.95 Å². The van der Waals surface area contributed by atoms with Crippen molar-refractivity contribution in [1.29, 1.82) is 0 Å². The first kappa shape index (κ1) is 36.8. The summed E-state index contributed by atoms with van der Waals surface area (Å²) in [5.41, 5.74) is 14.5. The van der Waals surface area contributed by atoms with Gasteiger partial charge >= 0.3 is 0 Å². The summed E-state index contributed by atoms with van der Waals surface area (Å²) in [7, 11) is 0. The number of hydrogen-bond donors (Lipinski definition) is 0. The minimum absolute atomic E-state index is 0.00313. The van der Waals surface area contributed by atoms with Gasteiger partial charge in [-0.05, 0) is 99.3 Å². The number of fused-ring (bicyclic) bond motifs is 4. The fourth-order valence-electron chi connectivity index (χ4n) is 9.17. The maximum absolute atomic E-state index is 5.73. The Morgan fingerprint density at radius 1 is 0.709 bits per heavy atom. The molecule has 0 spiro atoms. The van der Waals surface area contributed by atoms with Crippen molar-refractivity contribution in [3.8, 4) is 0 Å². The number of aryl methyl sites for hydroxylation is 1. The second-order valence-electron chi connectivity index (χ2n) is 17.8. The number of anilines is 6. The lowest BCUT2D eigenvalue weighted by molar-refractivity contribution is 0.454. The molecule has 0 saturated heterocycles. The zero-order valence-electron chi connectivity index (χ0n) is 34.2. The zero-order chi connectivity index (χ0) is 38.7. The summed E-state index contributed by atoms with van der Waals surface area (Å²) >= 11 is 0. The van der Waals surface area contributed by atoms with Gasteiger partial charge in [0.25, 0.3) is 6.71 Å². The summed E-state index contributed by atoms with van der Waals surface area (Å²) in [6.07, 6.45) is 4.57. The first-order valence-corrected chi connectivity index (χ1v) is 20.3. The molecule has 0 fully saturated rings. The summed E-state index contributed by atoms with van der Waals surface area (Å²) < 4.78 is 0. The van der Waals surface area contributed by atoms with E-state index in [1.54, 1.807) is 0 Å². The second kappa shape index (κ2) is 13.9. The van der Waals surface area contributed by atoms with Crippen molar-refractivity contribution in [1.82, 2.24) is 9.97 Å². The number of rotatable bonds is 9. The highest BCUT2D eigenvalue weighted by Gasteiger charge is 2.48. The average Bonchev–Trinajstić information content (AvgIpc) is 3.18. The molecule has 6 aromatic rings. The number of hydrogen-bond acceptors (Lipinski definition) is 4. The zero-order valence-corrected chi connectivity index (χ0v) is 34.2.